The largest absolute Gasteiger partial charge is 0.342 e. The van der Waals surface area contributed by atoms with E-state index in [4.69, 9.17) is 0 Å². The Morgan fingerprint density at radius 2 is 1.64 bits per heavy atom. The highest BCUT2D eigenvalue weighted by molar-refractivity contribution is 5.97. The molecule has 2 amide bonds. The maximum Gasteiger partial charge on any atom is 0.246 e. The van der Waals surface area contributed by atoms with Crippen molar-refractivity contribution in [1.82, 2.24) is 15.5 Å². The smallest absolute Gasteiger partial charge is 0.246 e. The number of carbonyl (C=O) groups is 2. The predicted octanol–water partition coefficient (Wildman–Crippen LogP) is 2.85. The van der Waals surface area contributed by atoms with Crippen LogP contribution in [0.5, 0.6) is 0 Å². The molecular formula is C23H33N3O2. The Hall–Kier alpha value is -1.88. The third-order valence-electron chi connectivity index (χ3n) is 6.82. The van der Waals surface area contributed by atoms with Crippen molar-refractivity contribution in [2.24, 2.45) is 11.8 Å². The first-order valence-electron chi connectivity index (χ1n) is 11.1. The molecule has 5 nitrogen and oxygen atoms in total. The van der Waals surface area contributed by atoms with E-state index in [1.54, 1.807) is 0 Å². The monoisotopic (exact) mass is 383 g/mol. The summed E-state index contributed by atoms with van der Waals surface area (Å²) < 4.78 is 0. The number of nitrogens with one attached hydrogen (secondary N) is 2. The first-order valence-corrected chi connectivity index (χ1v) is 11.1. The van der Waals surface area contributed by atoms with E-state index in [0.717, 1.165) is 37.9 Å². The molecule has 3 aliphatic rings. The van der Waals surface area contributed by atoms with Crippen LogP contribution in [0, 0.1) is 11.8 Å². The molecule has 2 saturated heterocycles. The number of carbonyl (C=O) groups excluding carboxylic acids is 2. The molecule has 1 aromatic carbocycles. The number of amides is 2. The van der Waals surface area contributed by atoms with Gasteiger partial charge in [0.2, 0.25) is 11.8 Å². The van der Waals surface area contributed by atoms with Crippen LogP contribution in [0.25, 0.3) is 0 Å². The van der Waals surface area contributed by atoms with Gasteiger partial charge in [0, 0.05) is 6.54 Å². The van der Waals surface area contributed by atoms with Crippen LogP contribution < -0.4 is 10.6 Å². The first kappa shape index (κ1) is 19.4. The number of hydrogen-bond acceptors (Lipinski definition) is 3. The van der Waals surface area contributed by atoms with Crippen LogP contribution in [0.1, 0.15) is 56.9 Å². The highest BCUT2D eigenvalue weighted by Gasteiger charge is 2.44. The molecule has 4 rings (SSSR count). The number of piperidine rings is 1. The van der Waals surface area contributed by atoms with Crippen molar-refractivity contribution in [2.75, 3.05) is 13.1 Å². The molecule has 28 heavy (non-hydrogen) atoms. The van der Waals surface area contributed by atoms with Gasteiger partial charge in [-0.2, -0.15) is 0 Å². The van der Waals surface area contributed by atoms with E-state index >= 15 is 0 Å². The fourth-order valence-corrected chi connectivity index (χ4v) is 5.30. The van der Waals surface area contributed by atoms with Crippen molar-refractivity contribution in [1.29, 1.82) is 0 Å². The first-order chi connectivity index (χ1) is 13.7. The summed E-state index contributed by atoms with van der Waals surface area (Å²) in [5.41, 5.74) is 1.10. The van der Waals surface area contributed by atoms with Crippen molar-refractivity contribution >= 4 is 11.8 Å². The summed E-state index contributed by atoms with van der Waals surface area (Å²) >= 11 is 0. The molecule has 0 aromatic heterocycles. The normalized spacial score (nSPS) is 27.6. The van der Waals surface area contributed by atoms with Crippen LogP contribution >= 0.6 is 0 Å². The van der Waals surface area contributed by atoms with Gasteiger partial charge in [0.25, 0.3) is 0 Å². The van der Waals surface area contributed by atoms with Gasteiger partial charge in [-0.15, -0.1) is 0 Å². The Labute approximate surface area is 168 Å². The van der Waals surface area contributed by atoms with Gasteiger partial charge in [-0.05, 0) is 49.8 Å². The lowest BCUT2D eigenvalue weighted by Gasteiger charge is -2.44. The third-order valence-corrected chi connectivity index (χ3v) is 6.82. The van der Waals surface area contributed by atoms with Crippen LogP contribution in [0.15, 0.2) is 30.3 Å². The van der Waals surface area contributed by atoms with Crippen LogP contribution in [0.2, 0.25) is 0 Å². The summed E-state index contributed by atoms with van der Waals surface area (Å²) in [7, 11) is 0. The zero-order chi connectivity index (χ0) is 19.3. The molecule has 3 fully saturated rings. The minimum Gasteiger partial charge on any atom is -0.342 e. The topological polar surface area (TPSA) is 61.4 Å². The SMILES string of the molecule is O=C1N[C@@H](CC2CCCCC2)C(=O)N(Cc2ccccc2)C1C1CCNCC1. The molecule has 0 radical (unpaired) electrons. The average Bonchev–Trinajstić information content (AvgIpc) is 2.74. The zero-order valence-corrected chi connectivity index (χ0v) is 16.7. The summed E-state index contributed by atoms with van der Waals surface area (Å²) in [6.07, 6.45) is 8.89. The quantitative estimate of drug-likeness (QED) is 0.822. The standard InChI is InChI=1S/C23H33N3O2/c27-22-21(19-11-13-24-14-12-19)26(16-18-9-5-2-6-10-18)23(28)20(25-22)15-17-7-3-1-4-8-17/h2,5-6,9-10,17,19-21,24H,1,3-4,7-8,11-16H2,(H,25,27)/t20-,21?/m0/s1. The molecule has 0 bridgehead atoms. The predicted molar refractivity (Wildman–Crippen MR) is 109 cm³/mol. The van der Waals surface area contributed by atoms with Crippen LogP contribution in [0.3, 0.4) is 0 Å². The fraction of sp³-hybridized carbons (Fsp3) is 0.652. The zero-order valence-electron chi connectivity index (χ0n) is 16.7. The molecule has 1 aliphatic carbocycles. The Balaban J connectivity index is 1.54. The van der Waals surface area contributed by atoms with E-state index in [0.29, 0.717) is 12.5 Å². The van der Waals surface area contributed by atoms with Crippen molar-refractivity contribution in [3.63, 3.8) is 0 Å². The Kier molecular flexibility index (Phi) is 6.30. The molecule has 0 spiro atoms. The minimum atomic E-state index is -0.350. The van der Waals surface area contributed by atoms with Crippen molar-refractivity contribution in [3.8, 4) is 0 Å². The molecule has 2 aliphatic heterocycles. The highest BCUT2D eigenvalue weighted by atomic mass is 16.2. The summed E-state index contributed by atoms with van der Waals surface area (Å²) in [5, 5.41) is 6.50. The number of nitrogens with zero attached hydrogens (tertiary/aromatic N) is 1. The van der Waals surface area contributed by atoms with Gasteiger partial charge in [-0.1, -0.05) is 62.4 Å². The van der Waals surface area contributed by atoms with E-state index in [1.807, 2.05) is 23.1 Å². The lowest BCUT2D eigenvalue weighted by atomic mass is 9.82. The second-order valence-electron chi connectivity index (χ2n) is 8.78. The van der Waals surface area contributed by atoms with Gasteiger partial charge >= 0.3 is 0 Å². The van der Waals surface area contributed by atoms with Crippen LogP contribution in [-0.4, -0.2) is 41.9 Å². The van der Waals surface area contributed by atoms with E-state index < -0.39 is 0 Å². The Morgan fingerprint density at radius 3 is 2.36 bits per heavy atom. The van der Waals surface area contributed by atoms with Crippen LogP contribution in [-0.2, 0) is 16.1 Å². The summed E-state index contributed by atoms with van der Waals surface area (Å²) in [5.74, 6) is 0.988. The van der Waals surface area contributed by atoms with Crippen molar-refractivity contribution in [2.45, 2.75) is 70.0 Å². The van der Waals surface area contributed by atoms with E-state index in [1.165, 1.54) is 32.1 Å². The molecule has 5 heteroatoms. The van der Waals surface area contributed by atoms with Crippen molar-refractivity contribution in [3.05, 3.63) is 35.9 Å². The van der Waals surface area contributed by atoms with Crippen molar-refractivity contribution < 1.29 is 9.59 Å². The minimum absolute atomic E-state index is 0.0586. The van der Waals surface area contributed by atoms with Gasteiger partial charge in [-0.25, -0.2) is 0 Å². The summed E-state index contributed by atoms with van der Waals surface area (Å²) in [6.45, 7) is 2.38. The summed E-state index contributed by atoms with van der Waals surface area (Å²) in [4.78, 5) is 28.6. The number of benzene rings is 1. The fourth-order valence-electron chi connectivity index (χ4n) is 5.30. The molecule has 1 saturated carbocycles. The highest BCUT2D eigenvalue weighted by Crippen LogP contribution is 2.31. The number of hydrogen-bond donors (Lipinski definition) is 2. The molecular weight excluding hydrogens is 350 g/mol. The van der Waals surface area contributed by atoms with E-state index in [9.17, 15) is 9.59 Å². The lowest BCUT2D eigenvalue weighted by Crippen LogP contribution is -2.65. The van der Waals surface area contributed by atoms with Gasteiger partial charge in [0.1, 0.15) is 12.1 Å². The maximum atomic E-state index is 13.5. The second-order valence-corrected chi connectivity index (χ2v) is 8.78. The Bertz CT molecular complexity index is 666. The summed E-state index contributed by atoms with van der Waals surface area (Å²) in [6, 6.07) is 9.41. The van der Waals surface area contributed by atoms with Gasteiger partial charge in [-0.3, -0.25) is 9.59 Å². The van der Waals surface area contributed by atoms with E-state index in [-0.39, 0.29) is 29.8 Å². The van der Waals surface area contributed by atoms with E-state index in [2.05, 4.69) is 22.8 Å². The molecule has 1 aromatic rings. The second kappa shape index (κ2) is 9.08. The molecule has 2 atom stereocenters. The average molecular weight is 384 g/mol. The molecule has 152 valence electrons. The number of rotatable bonds is 5. The number of piperazine rings is 1. The van der Waals surface area contributed by atoms with Crippen LogP contribution in [0.4, 0.5) is 0 Å². The van der Waals surface area contributed by atoms with Gasteiger partial charge in [0.15, 0.2) is 0 Å². The molecule has 2 heterocycles. The lowest BCUT2D eigenvalue weighted by molar-refractivity contribution is -0.153. The Morgan fingerprint density at radius 1 is 0.929 bits per heavy atom. The maximum absolute atomic E-state index is 13.5. The molecule has 1 unspecified atom stereocenters. The third kappa shape index (κ3) is 4.40. The van der Waals surface area contributed by atoms with Gasteiger partial charge in [0.05, 0.1) is 0 Å². The molecule has 2 N–H and O–H groups in total. The van der Waals surface area contributed by atoms with Gasteiger partial charge < -0.3 is 15.5 Å².